The first-order valence-electron chi connectivity index (χ1n) is 10.2. The van der Waals surface area contributed by atoms with Crippen LogP contribution in [0.4, 0.5) is 0 Å². The highest BCUT2D eigenvalue weighted by atomic mass is 35.5. The van der Waals surface area contributed by atoms with Gasteiger partial charge in [-0.3, -0.25) is 9.59 Å². The zero-order valence-corrected chi connectivity index (χ0v) is 19.1. The highest BCUT2D eigenvalue weighted by molar-refractivity contribution is 6.30. The van der Waals surface area contributed by atoms with Gasteiger partial charge in [-0.25, -0.2) is 0 Å². The predicted molar refractivity (Wildman–Crippen MR) is 121 cm³/mol. The van der Waals surface area contributed by atoms with Gasteiger partial charge in [0.1, 0.15) is 11.8 Å². The molecule has 2 rings (SSSR count). The summed E-state index contributed by atoms with van der Waals surface area (Å²) in [5, 5.41) is 3.52. The first kappa shape index (κ1) is 23.7. The molecule has 2 amide bonds. The highest BCUT2D eigenvalue weighted by Crippen LogP contribution is 2.17. The van der Waals surface area contributed by atoms with Gasteiger partial charge in [0.25, 0.3) is 5.91 Å². The summed E-state index contributed by atoms with van der Waals surface area (Å²) in [6.07, 6.45) is 0.938. The van der Waals surface area contributed by atoms with E-state index in [-0.39, 0.29) is 25.0 Å². The fraction of sp³-hybridized carbons (Fsp3) is 0.417. The molecular formula is C24H31ClN2O3. The van der Waals surface area contributed by atoms with Gasteiger partial charge in [-0.2, -0.15) is 0 Å². The Labute approximate surface area is 184 Å². The third-order valence-electron chi connectivity index (χ3n) is 4.60. The maximum Gasteiger partial charge on any atom is 0.261 e. The number of hydrogen-bond acceptors (Lipinski definition) is 3. The molecule has 0 fully saturated rings. The van der Waals surface area contributed by atoms with Gasteiger partial charge in [0, 0.05) is 17.1 Å². The summed E-state index contributed by atoms with van der Waals surface area (Å²) in [6.45, 7) is 9.63. The Morgan fingerprint density at radius 3 is 2.33 bits per heavy atom. The van der Waals surface area contributed by atoms with Crippen LogP contribution in [0.5, 0.6) is 5.75 Å². The molecule has 0 bridgehead atoms. The van der Waals surface area contributed by atoms with Gasteiger partial charge in [-0.15, -0.1) is 0 Å². The smallest absolute Gasteiger partial charge is 0.261 e. The molecule has 0 aliphatic rings. The number of nitrogens with zero attached hydrogens (tertiary/aromatic N) is 1. The van der Waals surface area contributed by atoms with Crippen LogP contribution in [0.2, 0.25) is 5.02 Å². The zero-order chi connectivity index (χ0) is 22.3. The third kappa shape index (κ3) is 7.38. The molecule has 0 saturated carbocycles. The normalized spacial score (nSPS) is 12.2. The minimum Gasteiger partial charge on any atom is -0.484 e. The molecule has 1 N–H and O–H groups in total. The molecule has 0 aliphatic carbocycles. The minimum absolute atomic E-state index is 0.154. The molecule has 0 radical (unpaired) electrons. The molecule has 0 heterocycles. The molecule has 0 aromatic heterocycles. The Morgan fingerprint density at radius 2 is 1.77 bits per heavy atom. The largest absolute Gasteiger partial charge is 0.484 e. The topological polar surface area (TPSA) is 58.6 Å². The molecule has 2 aromatic rings. The van der Waals surface area contributed by atoms with Crippen LogP contribution in [0.1, 0.15) is 45.7 Å². The Morgan fingerprint density at radius 1 is 1.10 bits per heavy atom. The van der Waals surface area contributed by atoms with Crippen LogP contribution >= 0.6 is 11.6 Å². The molecule has 1 unspecified atom stereocenters. The first-order valence-corrected chi connectivity index (χ1v) is 10.5. The quantitative estimate of drug-likeness (QED) is 0.665. The lowest BCUT2D eigenvalue weighted by Crippen LogP contribution is -2.53. The van der Waals surface area contributed by atoms with Crippen molar-refractivity contribution < 1.29 is 14.3 Å². The second-order valence-electron chi connectivity index (χ2n) is 8.35. The maximum atomic E-state index is 13.0. The molecular weight excluding hydrogens is 400 g/mol. The number of carbonyl (C=O) groups is 2. The van der Waals surface area contributed by atoms with Gasteiger partial charge in [0.15, 0.2) is 6.61 Å². The molecule has 162 valence electrons. The van der Waals surface area contributed by atoms with Crippen molar-refractivity contribution in [2.45, 2.75) is 59.2 Å². The van der Waals surface area contributed by atoms with Crippen molar-refractivity contribution in [2.75, 3.05) is 6.61 Å². The second kappa shape index (κ2) is 10.5. The number of amides is 2. The average molecular weight is 431 g/mol. The number of aryl methyl sites for hydroxylation is 1. The number of rotatable bonds is 8. The summed E-state index contributed by atoms with van der Waals surface area (Å²) in [6, 6.07) is 14.3. The third-order valence-corrected chi connectivity index (χ3v) is 4.84. The standard InChI is InChI=1S/C24H31ClN2O3/c1-6-18-10-12-21(13-11-18)30-16-22(28)27(15-19-8-7-9-20(25)14-19)17(2)23(29)26-24(3,4)5/h7-14,17H,6,15-16H2,1-5H3,(H,26,29). The van der Waals surface area contributed by atoms with Crippen molar-refractivity contribution in [3.05, 3.63) is 64.7 Å². The van der Waals surface area contributed by atoms with E-state index in [0.717, 1.165) is 12.0 Å². The summed E-state index contributed by atoms with van der Waals surface area (Å²) in [5.74, 6) is 0.131. The van der Waals surface area contributed by atoms with E-state index in [1.54, 1.807) is 19.1 Å². The number of benzene rings is 2. The summed E-state index contributed by atoms with van der Waals surface area (Å²) >= 11 is 6.10. The van der Waals surface area contributed by atoms with Crippen molar-refractivity contribution in [1.29, 1.82) is 0 Å². The van der Waals surface area contributed by atoms with Crippen molar-refractivity contribution in [3.63, 3.8) is 0 Å². The lowest BCUT2D eigenvalue weighted by Gasteiger charge is -2.31. The fourth-order valence-corrected chi connectivity index (χ4v) is 3.15. The highest BCUT2D eigenvalue weighted by Gasteiger charge is 2.28. The van der Waals surface area contributed by atoms with Gasteiger partial charge < -0.3 is 15.0 Å². The maximum absolute atomic E-state index is 13.0. The van der Waals surface area contributed by atoms with Crippen LogP contribution < -0.4 is 10.1 Å². The van der Waals surface area contributed by atoms with Gasteiger partial charge >= 0.3 is 0 Å². The van der Waals surface area contributed by atoms with E-state index in [0.29, 0.717) is 10.8 Å². The summed E-state index contributed by atoms with van der Waals surface area (Å²) in [5.41, 5.74) is 1.65. The minimum atomic E-state index is -0.665. The SMILES string of the molecule is CCc1ccc(OCC(=O)N(Cc2cccc(Cl)c2)C(C)C(=O)NC(C)(C)C)cc1. The Bertz CT molecular complexity index is 859. The Balaban J connectivity index is 2.15. The van der Waals surface area contributed by atoms with Gasteiger partial charge in [-0.05, 0) is 69.5 Å². The van der Waals surface area contributed by atoms with E-state index in [1.807, 2.05) is 57.2 Å². The molecule has 2 aromatic carbocycles. The summed E-state index contributed by atoms with van der Waals surface area (Å²) in [4.78, 5) is 27.3. The number of hydrogen-bond donors (Lipinski definition) is 1. The zero-order valence-electron chi connectivity index (χ0n) is 18.4. The average Bonchev–Trinajstić information content (AvgIpc) is 2.69. The predicted octanol–water partition coefficient (Wildman–Crippen LogP) is 4.61. The van der Waals surface area contributed by atoms with Crippen molar-refractivity contribution >= 4 is 23.4 Å². The van der Waals surface area contributed by atoms with Crippen molar-refractivity contribution in [3.8, 4) is 5.75 Å². The number of carbonyl (C=O) groups excluding carboxylic acids is 2. The van der Waals surface area contributed by atoms with Crippen molar-refractivity contribution in [1.82, 2.24) is 10.2 Å². The Kier molecular flexibility index (Phi) is 8.30. The van der Waals surface area contributed by atoms with Crippen LogP contribution in [0, 0.1) is 0 Å². The van der Waals surface area contributed by atoms with Crippen LogP contribution in [0.3, 0.4) is 0 Å². The molecule has 0 spiro atoms. The van der Waals surface area contributed by atoms with Gasteiger partial charge in [0.2, 0.25) is 5.91 Å². The molecule has 6 heteroatoms. The van der Waals surface area contributed by atoms with E-state index in [2.05, 4.69) is 12.2 Å². The second-order valence-corrected chi connectivity index (χ2v) is 8.79. The van der Waals surface area contributed by atoms with Crippen LogP contribution in [-0.2, 0) is 22.6 Å². The number of nitrogens with one attached hydrogen (secondary N) is 1. The first-order chi connectivity index (χ1) is 14.1. The van der Waals surface area contributed by atoms with Crippen LogP contribution in [-0.4, -0.2) is 34.9 Å². The van der Waals surface area contributed by atoms with Gasteiger partial charge in [0.05, 0.1) is 0 Å². The van der Waals surface area contributed by atoms with Crippen molar-refractivity contribution in [2.24, 2.45) is 0 Å². The molecule has 5 nitrogen and oxygen atoms in total. The van der Waals surface area contributed by atoms with E-state index < -0.39 is 11.6 Å². The number of ether oxygens (including phenoxy) is 1. The van der Waals surface area contributed by atoms with Crippen LogP contribution in [0.15, 0.2) is 48.5 Å². The van der Waals surface area contributed by atoms with E-state index >= 15 is 0 Å². The monoisotopic (exact) mass is 430 g/mol. The molecule has 0 saturated heterocycles. The fourth-order valence-electron chi connectivity index (χ4n) is 2.94. The molecule has 0 aliphatic heterocycles. The summed E-state index contributed by atoms with van der Waals surface area (Å²) < 4.78 is 5.69. The summed E-state index contributed by atoms with van der Waals surface area (Å²) in [7, 11) is 0. The lowest BCUT2D eigenvalue weighted by atomic mass is 10.1. The molecule has 30 heavy (non-hydrogen) atoms. The van der Waals surface area contributed by atoms with E-state index in [4.69, 9.17) is 16.3 Å². The van der Waals surface area contributed by atoms with Gasteiger partial charge in [-0.1, -0.05) is 42.8 Å². The van der Waals surface area contributed by atoms with E-state index in [9.17, 15) is 9.59 Å². The molecule has 1 atom stereocenters. The number of halogens is 1. The van der Waals surface area contributed by atoms with Crippen LogP contribution in [0.25, 0.3) is 0 Å². The van der Waals surface area contributed by atoms with E-state index in [1.165, 1.54) is 10.5 Å². The Hall–Kier alpha value is -2.53. The lowest BCUT2D eigenvalue weighted by molar-refractivity contribution is -0.142.